The third kappa shape index (κ3) is 2.40. The summed E-state index contributed by atoms with van der Waals surface area (Å²) >= 11 is 0. The Morgan fingerprint density at radius 3 is 2.58 bits per heavy atom. The molecule has 0 spiro atoms. The van der Waals surface area contributed by atoms with Crippen molar-refractivity contribution in [3.63, 3.8) is 0 Å². The van der Waals surface area contributed by atoms with Gasteiger partial charge in [-0.15, -0.1) is 0 Å². The fourth-order valence-electron chi connectivity index (χ4n) is 1.91. The fraction of sp³-hybridized carbons (Fsp3) is 0.143. The summed E-state index contributed by atoms with van der Waals surface area (Å²) in [6, 6.07) is 9.91. The average Bonchev–Trinajstić information content (AvgIpc) is 2.42. The van der Waals surface area contributed by atoms with Gasteiger partial charge in [-0.05, 0) is 30.3 Å². The van der Waals surface area contributed by atoms with Crippen molar-refractivity contribution in [3.05, 3.63) is 42.2 Å². The highest BCUT2D eigenvalue weighted by atomic mass is 19.1. The maximum absolute atomic E-state index is 13.7. The van der Waals surface area contributed by atoms with Gasteiger partial charge in [0, 0.05) is 17.4 Å². The van der Waals surface area contributed by atoms with Crippen molar-refractivity contribution in [2.45, 2.75) is 0 Å². The SMILES string of the molecule is Nc1ccc(Nc2ccc3c(c2)OCCO3)c(F)c1. The third-order valence-corrected chi connectivity index (χ3v) is 2.81. The number of halogens is 1. The van der Waals surface area contributed by atoms with E-state index in [0.29, 0.717) is 36.1 Å². The molecule has 0 aromatic heterocycles. The highest BCUT2D eigenvalue weighted by Crippen LogP contribution is 2.34. The van der Waals surface area contributed by atoms with Crippen LogP contribution in [0.1, 0.15) is 0 Å². The number of benzene rings is 2. The molecule has 3 rings (SSSR count). The van der Waals surface area contributed by atoms with Gasteiger partial charge in [0.15, 0.2) is 11.5 Å². The topological polar surface area (TPSA) is 56.5 Å². The van der Waals surface area contributed by atoms with Crippen LogP contribution in [0.5, 0.6) is 11.5 Å². The van der Waals surface area contributed by atoms with E-state index in [-0.39, 0.29) is 0 Å². The van der Waals surface area contributed by atoms with Gasteiger partial charge in [0.25, 0.3) is 0 Å². The van der Waals surface area contributed by atoms with Crippen LogP contribution < -0.4 is 20.5 Å². The van der Waals surface area contributed by atoms with Gasteiger partial charge < -0.3 is 20.5 Å². The fourth-order valence-corrected chi connectivity index (χ4v) is 1.91. The van der Waals surface area contributed by atoms with E-state index in [9.17, 15) is 4.39 Å². The van der Waals surface area contributed by atoms with Crippen molar-refractivity contribution in [3.8, 4) is 11.5 Å². The molecule has 1 aliphatic heterocycles. The summed E-state index contributed by atoms with van der Waals surface area (Å²) in [6.07, 6.45) is 0. The summed E-state index contributed by atoms with van der Waals surface area (Å²) in [6.45, 7) is 1.07. The molecule has 0 saturated heterocycles. The predicted molar refractivity (Wildman–Crippen MR) is 71.5 cm³/mol. The van der Waals surface area contributed by atoms with E-state index >= 15 is 0 Å². The van der Waals surface area contributed by atoms with E-state index < -0.39 is 5.82 Å². The van der Waals surface area contributed by atoms with Crippen molar-refractivity contribution in [2.75, 3.05) is 24.3 Å². The van der Waals surface area contributed by atoms with Crippen LogP contribution in [-0.2, 0) is 0 Å². The molecule has 0 fully saturated rings. The molecule has 2 aromatic carbocycles. The summed E-state index contributed by atoms with van der Waals surface area (Å²) in [7, 11) is 0. The molecular weight excluding hydrogens is 247 g/mol. The number of hydrogen-bond donors (Lipinski definition) is 2. The van der Waals surface area contributed by atoms with Crippen LogP contribution in [0.3, 0.4) is 0 Å². The van der Waals surface area contributed by atoms with E-state index in [1.54, 1.807) is 24.3 Å². The van der Waals surface area contributed by atoms with Crippen LogP contribution in [0.2, 0.25) is 0 Å². The van der Waals surface area contributed by atoms with Crippen molar-refractivity contribution < 1.29 is 13.9 Å². The van der Waals surface area contributed by atoms with Gasteiger partial charge in [0.1, 0.15) is 19.0 Å². The highest BCUT2D eigenvalue weighted by molar-refractivity contribution is 5.65. The first-order valence-corrected chi connectivity index (χ1v) is 5.94. The number of nitrogen functional groups attached to an aromatic ring is 1. The van der Waals surface area contributed by atoms with Gasteiger partial charge in [0.05, 0.1) is 5.69 Å². The molecular formula is C14H13FN2O2. The molecule has 1 heterocycles. The second kappa shape index (κ2) is 4.68. The van der Waals surface area contributed by atoms with Crippen LogP contribution in [0.15, 0.2) is 36.4 Å². The Kier molecular flexibility index (Phi) is 2.87. The number of ether oxygens (including phenoxy) is 2. The molecule has 0 amide bonds. The molecule has 5 heteroatoms. The van der Waals surface area contributed by atoms with E-state index in [1.165, 1.54) is 6.07 Å². The third-order valence-electron chi connectivity index (χ3n) is 2.81. The molecule has 19 heavy (non-hydrogen) atoms. The summed E-state index contributed by atoms with van der Waals surface area (Å²) in [5.41, 5.74) is 7.00. The zero-order chi connectivity index (χ0) is 13.2. The van der Waals surface area contributed by atoms with Gasteiger partial charge >= 0.3 is 0 Å². The standard InChI is InChI=1S/C14H13FN2O2/c15-11-7-9(16)1-3-12(11)17-10-2-4-13-14(8-10)19-6-5-18-13/h1-4,7-8,17H,5-6,16H2. The van der Waals surface area contributed by atoms with Crippen LogP contribution in [0.4, 0.5) is 21.5 Å². The van der Waals surface area contributed by atoms with Gasteiger partial charge in [-0.25, -0.2) is 4.39 Å². The maximum atomic E-state index is 13.7. The molecule has 0 bridgehead atoms. The Balaban J connectivity index is 1.87. The first kappa shape index (κ1) is 11.6. The molecule has 4 nitrogen and oxygen atoms in total. The van der Waals surface area contributed by atoms with Crippen molar-refractivity contribution >= 4 is 17.1 Å². The largest absolute Gasteiger partial charge is 0.486 e. The van der Waals surface area contributed by atoms with Crippen molar-refractivity contribution in [2.24, 2.45) is 0 Å². The number of rotatable bonds is 2. The summed E-state index contributed by atoms with van der Waals surface area (Å²) in [5, 5.41) is 2.98. The van der Waals surface area contributed by atoms with Crippen LogP contribution >= 0.6 is 0 Å². The second-order valence-electron chi connectivity index (χ2n) is 4.22. The Morgan fingerprint density at radius 2 is 1.79 bits per heavy atom. The van der Waals surface area contributed by atoms with E-state index in [2.05, 4.69) is 5.32 Å². The minimum absolute atomic E-state index is 0.367. The lowest BCUT2D eigenvalue weighted by Crippen LogP contribution is -2.15. The predicted octanol–water partition coefficient (Wildman–Crippen LogP) is 2.92. The van der Waals surface area contributed by atoms with Gasteiger partial charge in [-0.2, -0.15) is 0 Å². The highest BCUT2D eigenvalue weighted by Gasteiger charge is 2.12. The van der Waals surface area contributed by atoms with Gasteiger partial charge in [-0.3, -0.25) is 0 Å². The number of nitrogens with two attached hydrogens (primary N) is 1. The molecule has 3 N–H and O–H groups in total. The lowest BCUT2D eigenvalue weighted by Gasteiger charge is -2.19. The van der Waals surface area contributed by atoms with E-state index in [1.807, 2.05) is 6.07 Å². The summed E-state index contributed by atoms with van der Waals surface area (Å²) < 4.78 is 24.6. The number of fused-ring (bicyclic) bond motifs is 1. The van der Waals surface area contributed by atoms with E-state index in [4.69, 9.17) is 15.2 Å². The van der Waals surface area contributed by atoms with E-state index in [0.717, 1.165) is 5.69 Å². The molecule has 0 atom stereocenters. The molecule has 0 aliphatic carbocycles. The number of nitrogens with one attached hydrogen (secondary N) is 1. The monoisotopic (exact) mass is 260 g/mol. The smallest absolute Gasteiger partial charge is 0.163 e. The van der Waals surface area contributed by atoms with Crippen LogP contribution in [-0.4, -0.2) is 13.2 Å². The van der Waals surface area contributed by atoms with Crippen molar-refractivity contribution in [1.82, 2.24) is 0 Å². The Hall–Kier alpha value is -2.43. The minimum atomic E-state index is -0.394. The molecule has 2 aromatic rings. The van der Waals surface area contributed by atoms with Crippen molar-refractivity contribution in [1.29, 1.82) is 0 Å². The van der Waals surface area contributed by atoms with Gasteiger partial charge in [0.2, 0.25) is 0 Å². The Morgan fingerprint density at radius 1 is 1.00 bits per heavy atom. The molecule has 98 valence electrons. The lowest BCUT2D eigenvalue weighted by atomic mass is 10.2. The maximum Gasteiger partial charge on any atom is 0.163 e. The Bertz CT molecular complexity index is 616. The number of hydrogen-bond acceptors (Lipinski definition) is 4. The Labute approximate surface area is 109 Å². The second-order valence-corrected chi connectivity index (χ2v) is 4.22. The minimum Gasteiger partial charge on any atom is -0.486 e. The molecule has 0 radical (unpaired) electrons. The first-order chi connectivity index (χ1) is 9.22. The molecule has 1 aliphatic rings. The normalized spacial score (nSPS) is 13.1. The lowest BCUT2D eigenvalue weighted by molar-refractivity contribution is 0.171. The average molecular weight is 260 g/mol. The quantitative estimate of drug-likeness (QED) is 0.815. The molecule has 0 saturated carbocycles. The summed E-state index contributed by atoms with van der Waals surface area (Å²) in [4.78, 5) is 0. The van der Waals surface area contributed by atoms with Crippen LogP contribution in [0.25, 0.3) is 0 Å². The number of anilines is 3. The van der Waals surface area contributed by atoms with Gasteiger partial charge in [-0.1, -0.05) is 0 Å². The summed E-state index contributed by atoms with van der Waals surface area (Å²) in [5.74, 6) is 0.969. The first-order valence-electron chi connectivity index (χ1n) is 5.94. The van der Waals surface area contributed by atoms with Crippen LogP contribution in [0, 0.1) is 5.82 Å². The zero-order valence-corrected chi connectivity index (χ0v) is 10.2. The molecule has 0 unspecified atom stereocenters. The zero-order valence-electron chi connectivity index (χ0n) is 10.2.